The van der Waals surface area contributed by atoms with Gasteiger partial charge in [0, 0.05) is 6.07 Å². The predicted octanol–water partition coefficient (Wildman–Crippen LogP) is 3.89. The molecule has 1 aromatic heterocycles. The molecule has 0 atom stereocenters. The lowest BCUT2D eigenvalue weighted by atomic mass is 10.1. The monoisotopic (exact) mass is 295 g/mol. The van der Waals surface area contributed by atoms with Crippen LogP contribution >= 0.6 is 0 Å². The predicted molar refractivity (Wildman–Crippen MR) is 82.1 cm³/mol. The first-order valence-electron chi connectivity index (χ1n) is 6.84. The van der Waals surface area contributed by atoms with Gasteiger partial charge in [0.25, 0.3) is 0 Å². The summed E-state index contributed by atoms with van der Waals surface area (Å²) in [5.41, 5.74) is 1.54. The van der Waals surface area contributed by atoms with Gasteiger partial charge >= 0.3 is 5.69 Å². The summed E-state index contributed by atoms with van der Waals surface area (Å²) >= 11 is 0. The highest BCUT2D eigenvalue weighted by molar-refractivity contribution is 5.83. The van der Waals surface area contributed by atoms with E-state index in [1.807, 2.05) is 37.3 Å². The summed E-state index contributed by atoms with van der Waals surface area (Å²) in [6.45, 7) is 1.94. The number of para-hydroxylation sites is 1. The Hall–Kier alpha value is -3.02. The third kappa shape index (κ3) is 2.58. The maximum absolute atomic E-state index is 11.2. The summed E-state index contributed by atoms with van der Waals surface area (Å²) in [7, 11) is 0. The quantitative estimate of drug-likeness (QED) is 0.539. The number of hydrogen-bond acceptors (Lipinski definition) is 5. The Labute approximate surface area is 126 Å². The number of benzene rings is 2. The molecule has 0 N–H and O–H groups in total. The van der Waals surface area contributed by atoms with Crippen molar-refractivity contribution < 1.29 is 9.66 Å². The van der Waals surface area contributed by atoms with E-state index in [0.29, 0.717) is 11.3 Å². The van der Waals surface area contributed by atoms with Gasteiger partial charge in [0.2, 0.25) is 11.6 Å². The van der Waals surface area contributed by atoms with Gasteiger partial charge in [0.05, 0.1) is 15.8 Å². The van der Waals surface area contributed by atoms with Crippen LogP contribution in [-0.2, 0) is 6.42 Å². The van der Waals surface area contributed by atoms with E-state index in [-0.39, 0.29) is 11.4 Å². The Morgan fingerprint density at radius 2 is 2.00 bits per heavy atom. The first-order chi connectivity index (χ1) is 10.7. The third-order valence-corrected chi connectivity index (χ3v) is 3.34. The average Bonchev–Trinajstić information content (AvgIpc) is 2.55. The Morgan fingerprint density at radius 3 is 2.77 bits per heavy atom. The van der Waals surface area contributed by atoms with E-state index in [2.05, 4.69) is 9.97 Å². The van der Waals surface area contributed by atoms with Gasteiger partial charge in [0.1, 0.15) is 6.33 Å². The largest absolute Gasteiger partial charge is 0.431 e. The summed E-state index contributed by atoms with van der Waals surface area (Å²) in [5, 5.41) is 11.9. The fourth-order valence-electron chi connectivity index (χ4n) is 2.18. The molecule has 22 heavy (non-hydrogen) atoms. The zero-order valence-corrected chi connectivity index (χ0v) is 11.9. The number of nitro benzene ring substituents is 1. The first-order valence-corrected chi connectivity index (χ1v) is 6.84. The summed E-state index contributed by atoms with van der Waals surface area (Å²) in [5.74, 6) is 0.476. The van der Waals surface area contributed by atoms with Gasteiger partial charge in [-0.2, -0.15) is 0 Å². The zero-order valence-electron chi connectivity index (χ0n) is 11.9. The van der Waals surface area contributed by atoms with E-state index >= 15 is 0 Å². The Kier molecular flexibility index (Phi) is 3.65. The molecule has 3 aromatic rings. The van der Waals surface area contributed by atoms with Crippen LogP contribution in [0.3, 0.4) is 0 Å². The molecule has 0 aliphatic heterocycles. The molecule has 0 aliphatic carbocycles. The summed E-state index contributed by atoms with van der Waals surface area (Å²) < 4.78 is 5.69. The molecule has 0 saturated heterocycles. The van der Waals surface area contributed by atoms with Gasteiger partial charge in [-0.15, -0.1) is 0 Å². The number of nitro groups is 1. The highest BCUT2D eigenvalue weighted by Crippen LogP contribution is 2.33. The van der Waals surface area contributed by atoms with Crippen molar-refractivity contribution in [2.45, 2.75) is 13.3 Å². The molecule has 2 aromatic carbocycles. The fourth-order valence-corrected chi connectivity index (χ4v) is 2.18. The average molecular weight is 295 g/mol. The minimum absolute atomic E-state index is 0.0676. The zero-order chi connectivity index (χ0) is 15.5. The molecule has 0 spiro atoms. The number of ether oxygens (including phenoxy) is 1. The van der Waals surface area contributed by atoms with Gasteiger partial charge in [-0.1, -0.05) is 25.1 Å². The lowest BCUT2D eigenvalue weighted by molar-refractivity contribution is -0.385. The molecule has 6 heteroatoms. The fraction of sp³-hybridized carbons (Fsp3) is 0.125. The van der Waals surface area contributed by atoms with E-state index in [0.717, 1.165) is 17.5 Å². The van der Waals surface area contributed by atoms with Crippen molar-refractivity contribution >= 4 is 16.6 Å². The van der Waals surface area contributed by atoms with Crippen LogP contribution < -0.4 is 4.74 Å². The number of nitrogens with zero attached hydrogens (tertiary/aromatic N) is 3. The van der Waals surface area contributed by atoms with Crippen LogP contribution in [0.2, 0.25) is 0 Å². The topological polar surface area (TPSA) is 78.2 Å². The smallest absolute Gasteiger partial charge is 0.311 e. The molecule has 6 nitrogen and oxygen atoms in total. The highest BCUT2D eigenvalue weighted by atomic mass is 16.6. The van der Waals surface area contributed by atoms with Crippen LogP contribution in [0.1, 0.15) is 12.5 Å². The second kappa shape index (κ2) is 5.77. The number of aromatic nitrogens is 2. The minimum Gasteiger partial charge on any atom is -0.431 e. The van der Waals surface area contributed by atoms with Gasteiger partial charge in [-0.3, -0.25) is 10.1 Å². The van der Waals surface area contributed by atoms with Crippen molar-refractivity contribution in [2.24, 2.45) is 0 Å². The van der Waals surface area contributed by atoms with Crippen molar-refractivity contribution in [1.29, 1.82) is 0 Å². The third-order valence-electron chi connectivity index (χ3n) is 3.34. The molecule has 110 valence electrons. The van der Waals surface area contributed by atoms with Crippen LogP contribution in [0, 0.1) is 10.1 Å². The second-order valence-electron chi connectivity index (χ2n) is 4.71. The maximum atomic E-state index is 11.2. The number of aryl methyl sites for hydroxylation is 1. The van der Waals surface area contributed by atoms with E-state index < -0.39 is 4.92 Å². The number of rotatable bonds is 4. The second-order valence-corrected chi connectivity index (χ2v) is 4.71. The van der Waals surface area contributed by atoms with Gasteiger partial charge < -0.3 is 4.74 Å². The maximum Gasteiger partial charge on any atom is 0.311 e. The van der Waals surface area contributed by atoms with E-state index in [1.54, 1.807) is 6.07 Å². The van der Waals surface area contributed by atoms with E-state index in [4.69, 9.17) is 4.74 Å². The van der Waals surface area contributed by atoms with Crippen LogP contribution in [0.25, 0.3) is 10.9 Å². The van der Waals surface area contributed by atoms with E-state index in [9.17, 15) is 10.1 Å². The molecule has 0 radical (unpaired) electrons. The standard InChI is InChI=1S/C16H13N3O3/c1-2-11-7-8-15(14(9-11)19(20)21)22-16-12-5-3-4-6-13(12)17-10-18-16/h3-10H,2H2,1H3. The number of fused-ring (bicyclic) bond motifs is 1. The molecular weight excluding hydrogens is 282 g/mol. The lowest BCUT2D eigenvalue weighted by Crippen LogP contribution is -1.97. The minimum atomic E-state index is -0.447. The van der Waals surface area contributed by atoms with Crippen molar-refractivity contribution in [2.75, 3.05) is 0 Å². The molecule has 1 heterocycles. The first kappa shape index (κ1) is 13.9. The molecule has 0 fully saturated rings. The SMILES string of the molecule is CCc1ccc(Oc2ncnc3ccccc23)c([N+](=O)[O-])c1. The molecule has 0 bridgehead atoms. The van der Waals surface area contributed by atoms with Crippen molar-refractivity contribution in [3.8, 4) is 11.6 Å². The molecule has 0 aliphatic rings. The number of hydrogen-bond donors (Lipinski definition) is 0. The molecule has 0 unspecified atom stereocenters. The molecule has 0 amide bonds. The normalized spacial score (nSPS) is 10.6. The Balaban J connectivity index is 2.07. The Morgan fingerprint density at radius 1 is 1.18 bits per heavy atom. The van der Waals surface area contributed by atoms with Crippen LogP contribution in [0.4, 0.5) is 5.69 Å². The highest BCUT2D eigenvalue weighted by Gasteiger charge is 2.18. The summed E-state index contributed by atoms with van der Waals surface area (Å²) in [6, 6.07) is 12.3. The Bertz CT molecular complexity index is 844. The lowest BCUT2D eigenvalue weighted by Gasteiger charge is -2.08. The van der Waals surface area contributed by atoms with Crippen molar-refractivity contribution in [3.63, 3.8) is 0 Å². The van der Waals surface area contributed by atoms with Gasteiger partial charge in [-0.05, 0) is 30.2 Å². The summed E-state index contributed by atoms with van der Waals surface area (Å²) in [6.07, 6.45) is 2.10. The molecule has 3 rings (SSSR count). The van der Waals surface area contributed by atoms with Crippen molar-refractivity contribution in [1.82, 2.24) is 9.97 Å². The van der Waals surface area contributed by atoms with Gasteiger partial charge in [-0.25, -0.2) is 9.97 Å². The van der Waals surface area contributed by atoms with E-state index in [1.165, 1.54) is 12.4 Å². The molecular formula is C16H13N3O3. The van der Waals surface area contributed by atoms with Crippen LogP contribution in [-0.4, -0.2) is 14.9 Å². The van der Waals surface area contributed by atoms with Gasteiger partial charge in [0.15, 0.2) is 0 Å². The van der Waals surface area contributed by atoms with Crippen molar-refractivity contribution in [3.05, 3.63) is 64.5 Å². The molecule has 0 saturated carbocycles. The summed E-state index contributed by atoms with van der Waals surface area (Å²) in [4.78, 5) is 19.0. The van der Waals surface area contributed by atoms with Crippen LogP contribution in [0.5, 0.6) is 11.6 Å². The van der Waals surface area contributed by atoms with Crippen LogP contribution in [0.15, 0.2) is 48.8 Å².